The van der Waals surface area contributed by atoms with E-state index in [1.807, 2.05) is 92.7 Å². The molecule has 6 rings (SSSR count). The predicted molar refractivity (Wildman–Crippen MR) is 159 cm³/mol. The molecule has 1 amide bonds. The Bertz CT molecular complexity index is 1850. The molecule has 0 radical (unpaired) electrons. The van der Waals surface area contributed by atoms with Gasteiger partial charge >= 0.3 is 0 Å². The zero-order chi connectivity index (χ0) is 28.7. The zero-order valence-corrected chi connectivity index (χ0v) is 23.7. The van der Waals surface area contributed by atoms with E-state index < -0.39 is 6.04 Å². The third-order valence-corrected chi connectivity index (χ3v) is 7.81. The lowest BCUT2D eigenvalue weighted by atomic mass is 9.96. The van der Waals surface area contributed by atoms with E-state index >= 15 is 0 Å². The van der Waals surface area contributed by atoms with Crippen LogP contribution in [0.4, 0.5) is 0 Å². The Labute approximate surface area is 242 Å². The van der Waals surface area contributed by atoms with E-state index in [0.29, 0.717) is 45.2 Å². The van der Waals surface area contributed by atoms with Crippen molar-refractivity contribution >= 4 is 28.5 Å². The summed E-state index contributed by atoms with van der Waals surface area (Å²) in [5.74, 6) is 0.732. The number of ether oxygens (including phenoxy) is 2. The van der Waals surface area contributed by atoms with Crippen LogP contribution in [-0.4, -0.2) is 17.9 Å². The van der Waals surface area contributed by atoms with Gasteiger partial charge in [0.15, 0.2) is 16.9 Å². The third-order valence-electron chi connectivity index (χ3n) is 7.44. The fraction of sp³-hybridized carbons (Fsp3) is 0.176. The lowest BCUT2D eigenvalue weighted by molar-refractivity contribution is 0.0714. The number of amides is 1. The number of carbonyl (C=O) groups excluding carboxylic acids is 1. The molecular formula is C34H28ClNO5. The van der Waals surface area contributed by atoms with Crippen LogP contribution in [0, 0.1) is 13.8 Å². The lowest BCUT2D eigenvalue weighted by Gasteiger charge is -2.26. The minimum atomic E-state index is -0.715. The molecule has 1 aliphatic rings. The highest BCUT2D eigenvalue weighted by atomic mass is 35.5. The number of halogens is 1. The second-order valence-corrected chi connectivity index (χ2v) is 10.7. The average molecular weight is 566 g/mol. The summed E-state index contributed by atoms with van der Waals surface area (Å²) >= 11 is 6.50. The van der Waals surface area contributed by atoms with Crippen LogP contribution in [0.3, 0.4) is 0 Å². The Morgan fingerprint density at radius 3 is 2.41 bits per heavy atom. The molecule has 1 atom stereocenters. The van der Waals surface area contributed by atoms with Crippen LogP contribution in [-0.2, 0) is 13.2 Å². The molecule has 7 heteroatoms. The van der Waals surface area contributed by atoms with Crippen LogP contribution in [0.1, 0.15) is 50.0 Å². The molecule has 2 heterocycles. The number of methoxy groups -OCH3 is 1. The summed E-state index contributed by atoms with van der Waals surface area (Å²) in [6.07, 6.45) is 0. The van der Waals surface area contributed by atoms with Crippen molar-refractivity contribution in [3.8, 4) is 11.5 Å². The van der Waals surface area contributed by atoms with E-state index in [1.54, 1.807) is 18.1 Å². The Morgan fingerprint density at radius 1 is 0.902 bits per heavy atom. The van der Waals surface area contributed by atoms with Crippen LogP contribution >= 0.6 is 11.6 Å². The van der Waals surface area contributed by atoms with Crippen molar-refractivity contribution in [2.45, 2.75) is 33.0 Å². The van der Waals surface area contributed by atoms with Gasteiger partial charge in [0.2, 0.25) is 5.76 Å². The molecular weight excluding hydrogens is 538 g/mol. The molecule has 1 aromatic heterocycles. The Balaban J connectivity index is 1.48. The zero-order valence-electron chi connectivity index (χ0n) is 22.9. The SMILES string of the molecule is COc1cc(C2c3c(oc4c(C)cc(C)cc4c3=O)C(=O)N2Cc2ccccc2Cl)ccc1OCc1ccccc1. The van der Waals surface area contributed by atoms with E-state index in [2.05, 4.69) is 0 Å². The second-order valence-electron chi connectivity index (χ2n) is 10.2. The monoisotopic (exact) mass is 565 g/mol. The van der Waals surface area contributed by atoms with Crippen molar-refractivity contribution in [3.63, 3.8) is 0 Å². The first kappa shape index (κ1) is 26.7. The van der Waals surface area contributed by atoms with E-state index in [4.69, 9.17) is 25.5 Å². The molecule has 6 nitrogen and oxygen atoms in total. The molecule has 1 aliphatic heterocycles. The molecule has 5 aromatic rings. The quantitative estimate of drug-likeness (QED) is 0.206. The number of carbonyl (C=O) groups is 1. The largest absolute Gasteiger partial charge is 0.493 e. The number of hydrogen-bond donors (Lipinski definition) is 0. The number of benzene rings is 4. The Kier molecular flexibility index (Phi) is 7.01. The summed E-state index contributed by atoms with van der Waals surface area (Å²) in [6, 6.07) is 25.7. The normalized spacial score (nSPS) is 14.4. The highest BCUT2D eigenvalue weighted by Crippen LogP contribution is 2.42. The number of aryl methyl sites for hydroxylation is 2. The lowest BCUT2D eigenvalue weighted by Crippen LogP contribution is -2.29. The third kappa shape index (κ3) is 4.85. The van der Waals surface area contributed by atoms with Crippen LogP contribution in [0.5, 0.6) is 11.5 Å². The van der Waals surface area contributed by atoms with Gasteiger partial charge in [-0.1, -0.05) is 72.3 Å². The first-order chi connectivity index (χ1) is 19.9. The molecule has 0 spiro atoms. The van der Waals surface area contributed by atoms with Gasteiger partial charge in [-0.15, -0.1) is 0 Å². The minimum absolute atomic E-state index is 0.0508. The first-order valence-corrected chi connectivity index (χ1v) is 13.7. The van der Waals surface area contributed by atoms with Gasteiger partial charge in [0, 0.05) is 11.6 Å². The van der Waals surface area contributed by atoms with Gasteiger partial charge in [0.25, 0.3) is 5.91 Å². The van der Waals surface area contributed by atoms with E-state index in [1.165, 1.54) is 0 Å². The number of rotatable bonds is 7. The molecule has 0 N–H and O–H groups in total. The van der Waals surface area contributed by atoms with Gasteiger partial charge in [-0.3, -0.25) is 9.59 Å². The number of nitrogens with zero attached hydrogens (tertiary/aromatic N) is 1. The average Bonchev–Trinajstić information content (AvgIpc) is 3.25. The highest BCUT2D eigenvalue weighted by Gasteiger charge is 2.43. The summed E-state index contributed by atoms with van der Waals surface area (Å²) in [5.41, 5.74) is 4.73. The maximum Gasteiger partial charge on any atom is 0.291 e. The van der Waals surface area contributed by atoms with Gasteiger partial charge in [-0.2, -0.15) is 0 Å². The molecule has 206 valence electrons. The summed E-state index contributed by atoms with van der Waals surface area (Å²) in [4.78, 5) is 29.7. The van der Waals surface area contributed by atoms with Crippen LogP contribution < -0.4 is 14.9 Å². The number of fused-ring (bicyclic) bond motifs is 2. The smallest absolute Gasteiger partial charge is 0.291 e. The van der Waals surface area contributed by atoms with Gasteiger partial charge in [0.1, 0.15) is 12.2 Å². The molecule has 4 aromatic carbocycles. The number of hydrogen-bond acceptors (Lipinski definition) is 5. The molecule has 0 saturated heterocycles. The maximum absolute atomic E-state index is 14.1. The van der Waals surface area contributed by atoms with E-state index in [-0.39, 0.29) is 23.6 Å². The summed E-state index contributed by atoms with van der Waals surface area (Å²) in [7, 11) is 1.57. The van der Waals surface area contributed by atoms with Gasteiger partial charge in [0.05, 0.1) is 24.1 Å². The van der Waals surface area contributed by atoms with Crippen molar-refractivity contribution in [2.24, 2.45) is 0 Å². The molecule has 0 saturated carbocycles. The summed E-state index contributed by atoms with van der Waals surface area (Å²) < 4.78 is 18.0. The summed E-state index contributed by atoms with van der Waals surface area (Å²) in [5, 5.41) is 0.988. The Morgan fingerprint density at radius 2 is 1.66 bits per heavy atom. The molecule has 0 bridgehead atoms. The molecule has 0 fully saturated rings. The van der Waals surface area contributed by atoms with Gasteiger partial charge in [-0.25, -0.2) is 0 Å². The first-order valence-electron chi connectivity index (χ1n) is 13.3. The summed E-state index contributed by atoms with van der Waals surface area (Å²) in [6.45, 7) is 4.37. The fourth-order valence-corrected chi connectivity index (χ4v) is 5.70. The van der Waals surface area contributed by atoms with E-state index in [9.17, 15) is 9.59 Å². The predicted octanol–water partition coefficient (Wildman–Crippen LogP) is 7.40. The maximum atomic E-state index is 14.1. The highest BCUT2D eigenvalue weighted by molar-refractivity contribution is 6.31. The molecule has 1 unspecified atom stereocenters. The van der Waals surface area contributed by atoms with Crippen molar-refractivity contribution in [1.29, 1.82) is 0 Å². The van der Waals surface area contributed by atoms with Crippen molar-refractivity contribution in [1.82, 2.24) is 4.90 Å². The minimum Gasteiger partial charge on any atom is -0.493 e. The fourth-order valence-electron chi connectivity index (χ4n) is 5.50. The van der Waals surface area contributed by atoms with Crippen LogP contribution in [0.15, 0.2) is 94.1 Å². The van der Waals surface area contributed by atoms with Crippen molar-refractivity contribution < 1.29 is 18.7 Å². The topological polar surface area (TPSA) is 69.0 Å². The van der Waals surface area contributed by atoms with Gasteiger partial charge in [-0.05, 0) is 65.9 Å². The Hall–Kier alpha value is -4.55. The van der Waals surface area contributed by atoms with Gasteiger partial charge < -0.3 is 18.8 Å². The molecule has 0 aliphatic carbocycles. The second kappa shape index (κ2) is 10.8. The van der Waals surface area contributed by atoms with Crippen molar-refractivity contribution in [3.05, 3.63) is 139 Å². The van der Waals surface area contributed by atoms with Crippen LogP contribution in [0.25, 0.3) is 11.0 Å². The standard InChI is InChI=1S/C34H28ClNO5/c1-20-15-21(2)32-25(16-20)31(37)29-30(36(34(38)33(29)41-32)18-24-11-7-8-12-26(24)35)23-13-14-27(28(17-23)39-3)40-19-22-9-5-4-6-10-22/h4-17,30H,18-19H2,1-3H3. The van der Waals surface area contributed by atoms with Crippen LogP contribution in [0.2, 0.25) is 5.02 Å². The molecule has 41 heavy (non-hydrogen) atoms. The van der Waals surface area contributed by atoms with Crippen molar-refractivity contribution in [2.75, 3.05) is 7.11 Å². The van der Waals surface area contributed by atoms with E-state index in [0.717, 1.165) is 22.3 Å².